The number of carbonyl (C=O) groups excluding carboxylic acids is 1. The molecule has 5 nitrogen and oxygen atoms in total. The first-order valence-electron chi connectivity index (χ1n) is 8.39. The molecule has 0 aromatic heterocycles. The summed E-state index contributed by atoms with van der Waals surface area (Å²) in [6.07, 6.45) is 1.15. The number of phenols is 1. The van der Waals surface area contributed by atoms with Gasteiger partial charge in [0.05, 0.1) is 29.7 Å². The van der Waals surface area contributed by atoms with E-state index in [4.69, 9.17) is 16.3 Å². The number of hydrogen-bond donors (Lipinski definition) is 2. The lowest BCUT2D eigenvalue weighted by Gasteiger charge is -2.38. The van der Waals surface area contributed by atoms with Crippen molar-refractivity contribution in [2.45, 2.75) is 39.5 Å². The summed E-state index contributed by atoms with van der Waals surface area (Å²) < 4.78 is 5.20. The number of aromatic hydroxyl groups is 1. The van der Waals surface area contributed by atoms with Crippen LogP contribution in [0.3, 0.4) is 0 Å². The Morgan fingerprint density at radius 1 is 1.38 bits per heavy atom. The van der Waals surface area contributed by atoms with Crippen LogP contribution in [0.2, 0.25) is 5.02 Å². The topological polar surface area (TPSA) is 82.3 Å². The molecule has 3 rings (SSSR count). The molecule has 2 N–H and O–H groups in total. The van der Waals surface area contributed by atoms with Crippen LogP contribution in [0.5, 0.6) is 11.5 Å². The van der Waals surface area contributed by atoms with Crippen molar-refractivity contribution in [2.75, 3.05) is 7.11 Å². The van der Waals surface area contributed by atoms with Gasteiger partial charge in [-0.15, -0.1) is 0 Å². The Labute approximate surface area is 157 Å². The zero-order valence-corrected chi connectivity index (χ0v) is 16.0. The Hall–Kier alpha value is -2.45. The van der Waals surface area contributed by atoms with Gasteiger partial charge in [-0.25, -0.2) is 0 Å². The molecule has 0 spiro atoms. The zero-order valence-electron chi connectivity index (χ0n) is 15.2. The standard InChI is InChI=1S/C20H21ClN2O3/c1-10-12(9-22)17(11-5-13(21)19(25)16(6-11)26-4)18-14(23-10)7-20(2,3)8-15(18)24/h5-6,17,23,25H,7-8H2,1-4H3/t17-/m1/s1. The van der Waals surface area contributed by atoms with Crippen LogP contribution in [0.1, 0.15) is 45.1 Å². The molecule has 0 radical (unpaired) electrons. The molecule has 0 fully saturated rings. The maximum absolute atomic E-state index is 13.0. The molecule has 1 heterocycles. The monoisotopic (exact) mass is 372 g/mol. The molecule has 0 bridgehead atoms. The molecule has 1 aromatic rings. The largest absolute Gasteiger partial charge is 0.503 e. The lowest BCUT2D eigenvalue weighted by Crippen LogP contribution is -2.36. The number of ether oxygens (including phenoxy) is 1. The molecule has 0 saturated carbocycles. The quantitative estimate of drug-likeness (QED) is 0.813. The number of methoxy groups -OCH3 is 1. The number of Topliss-reactive ketones (excluding diaryl/α,β-unsaturated/α-hetero) is 1. The highest BCUT2D eigenvalue weighted by Gasteiger charge is 2.41. The van der Waals surface area contributed by atoms with Crippen molar-refractivity contribution in [2.24, 2.45) is 5.41 Å². The van der Waals surface area contributed by atoms with E-state index in [1.54, 1.807) is 12.1 Å². The first kappa shape index (κ1) is 18.3. The third-order valence-corrected chi connectivity index (χ3v) is 5.25. The fraction of sp³-hybridized carbons (Fsp3) is 0.400. The fourth-order valence-electron chi connectivity index (χ4n) is 3.83. The first-order chi connectivity index (χ1) is 12.2. The van der Waals surface area contributed by atoms with Crippen LogP contribution in [0, 0.1) is 16.7 Å². The van der Waals surface area contributed by atoms with Crippen molar-refractivity contribution in [1.29, 1.82) is 5.26 Å². The van der Waals surface area contributed by atoms with Gasteiger partial charge in [-0.3, -0.25) is 4.79 Å². The van der Waals surface area contributed by atoms with Gasteiger partial charge in [-0.1, -0.05) is 25.4 Å². The molecular weight excluding hydrogens is 352 g/mol. The summed E-state index contributed by atoms with van der Waals surface area (Å²) in [5.74, 6) is -0.438. The van der Waals surface area contributed by atoms with E-state index in [2.05, 4.69) is 25.2 Å². The lowest BCUT2D eigenvalue weighted by molar-refractivity contribution is -0.118. The Morgan fingerprint density at radius 2 is 2.08 bits per heavy atom. The van der Waals surface area contributed by atoms with E-state index in [-0.39, 0.29) is 27.7 Å². The van der Waals surface area contributed by atoms with Gasteiger partial charge in [0.25, 0.3) is 0 Å². The molecule has 6 heteroatoms. The fourth-order valence-corrected chi connectivity index (χ4v) is 4.05. The summed E-state index contributed by atoms with van der Waals surface area (Å²) >= 11 is 6.16. The van der Waals surface area contributed by atoms with E-state index in [0.717, 1.165) is 17.8 Å². The van der Waals surface area contributed by atoms with Gasteiger partial charge in [-0.2, -0.15) is 5.26 Å². The summed E-state index contributed by atoms with van der Waals surface area (Å²) in [5, 5.41) is 23.1. The number of phenolic OH excluding ortho intramolecular Hbond substituents is 1. The number of nitrogens with zero attached hydrogens (tertiary/aromatic N) is 1. The molecule has 0 saturated heterocycles. The second kappa shape index (κ2) is 6.37. The number of halogens is 1. The van der Waals surface area contributed by atoms with E-state index in [0.29, 0.717) is 23.1 Å². The first-order valence-corrected chi connectivity index (χ1v) is 8.77. The average Bonchev–Trinajstić information content (AvgIpc) is 2.54. The second-order valence-electron chi connectivity index (χ2n) is 7.60. The number of ketones is 1. The molecule has 0 unspecified atom stereocenters. The normalized spacial score (nSPS) is 21.8. The van der Waals surface area contributed by atoms with Crippen LogP contribution in [0.4, 0.5) is 0 Å². The van der Waals surface area contributed by atoms with Crippen LogP contribution < -0.4 is 10.1 Å². The molecule has 1 aromatic carbocycles. The van der Waals surface area contributed by atoms with E-state index in [9.17, 15) is 15.2 Å². The number of hydrogen-bond acceptors (Lipinski definition) is 5. The van der Waals surface area contributed by atoms with E-state index in [1.165, 1.54) is 7.11 Å². The van der Waals surface area contributed by atoms with Gasteiger partial charge >= 0.3 is 0 Å². The number of nitriles is 1. The van der Waals surface area contributed by atoms with Gasteiger partial charge in [-0.05, 0) is 36.5 Å². The second-order valence-corrected chi connectivity index (χ2v) is 8.00. The number of rotatable bonds is 2. The van der Waals surface area contributed by atoms with Crippen LogP contribution in [0.25, 0.3) is 0 Å². The van der Waals surface area contributed by atoms with E-state index < -0.39 is 5.92 Å². The highest BCUT2D eigenvalue weighted by Crippen LogP contribution is 2.48. The molecule has 1 atom stereocenters. The molecule has 1 aliphatic carbocycles. The number of nitrogens with one attached hydrogen (secondary N) is 1. The van der Waals surface area contributed by atoms with E-state index in [1.807, 2.05) is 6.92 Å². The Kier molecular flexibility index (Phi) is 4.49. The van der Waals surface area contributed by atoms with Crippen molar-refractivity contribution in [1.82, 2.24) is 5.32 Å². The minimum Gasteiger partial charge on any atom is -0.503 e. The summed E-state index contributed by atoms with van der Waals surface area (Å²) in [6, 6.07) is 5.47. The van der Waals surface area contributed by atoms with Crippen molar-refractivity contribution < 1.29 is 14.6 Å². The third kappa shape index (κ3) is 2.95. The molecule has 1 aliphatic heterocycles. The van der Waals surface area contributed by atoms with Crippen LogP contribution in [-0.2, 0) is 4.79 Å². The predicted molar refractivity (Wildman–Crippen MR) is 98.9 cm³/mol. The Morgan fingerprint density at radius 3 is 2.69 bits per heavy atom. The van der Waals surface area contributed by atoms with Crippen molar-refractivity contribution in [3.63, 3.8) is 0 Å². The average molecular weight is 373 g/mol. The number of dihydropyridines is 1. The highest BCUT2D eigenvalue weighted by molar-refractivity contribution is 6.32. The minimum atomic E-state index is -0.521. The maximum Gasteiger partial charge on any atom is 0.176 e. The Bertz CT molecular complexity index is 906. The molecule has 0 amide bonds. The summed E-state index contributed by atoms with van der Waals surface area (Å²) in [4.78, 5) is 13.0. The molecule has 26 heavy (non-hydrogen) atoms. The zero-order chi connectivity index (χ0) is 19.2. The highest BCUT2D eigenvalue weighted by atomic mass is 35.5. The molecule has 2 aliphatic rings. The summed E-state index contributed by atoms with van der Waals surface area (Å²) in [5.41, 5.74) is 3.18. The number of carbonyl (C=O) groups is 1. The molecular formula is C20H21ClN2O3. The number of benzene rings is 1. The van der Waals surface area contributed by atoms with Crippen molar-refractivity contribution in [3.8, 4) is 17.6 Å². The van der Waals surface area contributed by atoms with E-state index >= 15 is 0 Å². The summed E-state index contributed by atoms with van der Waals surface area (Å²) in [6.45, 7) is 5.95. The van der Waals surface area contributed by atoms with Gasteiger partial charge in [0.15, 0.2) is 17.3 Å². The van der Waals surface area contributed by atoms with Gasteiger partial charge in [0.2, 0.25) is 0 Å². The van der Waals surface area contributed by atoms with Crippen molar-refractivity contribution >= 4 is 17.4 Å². The predicted octanol–water partition coefficient (Wildman–Crippen LogP) is 4.18. The number of allylic oxidation sites excluding steroid dienone is 4. The SMILES string of the molecule is COc1cc([C@@H]2C(C#N)=C(C)NC3=C2C(=O)CC(C)(C)C3)cc(Cl)c1O. The lowest BCUT2D eigenvalue weighted by atomic mass is 9.69. The summed E-state index contributed by atoms with van der Waals surface area (Å²) in [7, 11) is 1.43. The third-order valence-electron chi connectivity index (χ3n) is 4.96. The van der Waals surface area contributed by atoms with Crippen LogP contribution in [-0.4, -0.2) is 18.0 Å². The van der Waals surface area contributed by atoms with Gasteiger partial charge < -0.3 is 15.2 Å². The Balaban J connectivity index is 2.24. The minimum absolute atomic E-state index is 0.0252. The van der Waals surface area contributed by atoms with Crippen molar-refractivity contribution in [3.05, 3.63) is 45.3 Å². The van der Waals surface area contributed by atoms with Gasteiger partial charge in [0, 0.05) is 23.4 Å². The van der Waals surface area contributed by atoms with Crippen LogP contribution in [0.15, 0.2) is 34.7 Å². The maximum atomic E-state index is 13.0. The smallest absolute Gasteiger partial charge is 0.176 e. The molecule has 136 valence electrons. The van der Waals surface area contributed by atoms with Gasteiger partial charge in [0.1, 0.15) is 0 Å². The van der Waals surface area contributed by atoms with Crippen LogP contribution >= 0.6 is 11.6 Å².